The maximum absolute atomic E-state index is 13.0. The van der Waals surface area contributed by atoms with Crippen LogP contribution in [0.15, 0.2) is 54.6 Å². The number of nitrogens with zero attached hydrogens (tertiary/aromatic N) is 3. The van der Waals surface area contributed by atoms with Crippen LogP contribution in [0.3, 0.4) is 0 Å². The topological polar surface area (TPSA) is 87.2 Å². The summed E-state index contributed by atoms with van der Waals surface area (Å²) in [5.74, 6) is -0.702. The van der Waals surface area contributed by atoms with Gasteiger partial charge in [-0.05, 0) is 49.1 Å². The number of urea groups is 1. The smallest absolute Gasteiger partial charge is 0.317 e. The highest BCUT2D eigenvalue weighted by Crippen LogP contribution is 2.29. The minimum atomic E-state index is -0.383. The van der Waals surface area contributed by atoms with E-state index in [1.54, 1.807) is 4.90 Å². The van der Waals surface area contributed by atoms with Crippen molar-refractivity contribution in [3.05, 3.63) is 76.0 Å². The Kier molecular flexibility index (Phi) is 7.06. The molecule has 7 nitrogen and oxygen atoms in total. The SMILES string of the molecule is O=C(Nc1ccc(F)cc1)c1nnc([C@H]2CCCN(C(=O)NCCc3ccccc3)C2)s1. The summed E-state index contributed by atoms with van der Waals surface area (Å²) in [4.78, 5) is 26.8. The lowest BCUT2D eigenvalue weighted by Gasteiger charge is -2.31. The molecule has 3 amide bonds. The predicted molar refractivity (Wildman–Crippen MR) is 121 cm³/mol. The maximum Gasteiger partial charge on any atom is 0.317 e. The number of hydrogen-bond donors (Lipinski definition) is 2. The molecular weight excluding hydrogens is 429 g/mol. The Bertz CT molecular complexity index is 1060. The van der Waals surface area contributed by atoms with E-state index >= 15 is 0 Å². The molecule has 0 radical (unpaired) electrons. The summed E-state index contributed by atoms with van der Waals surface area (Å²) in [6.45, 7) is 1.83. The average molecular weight is 454 g/mol. The normalized spacial score (nSPS) is 15.9. The molecule has 166 valence electrons. The van der Waals surface area contributed by atoms with Crippen LogP contribution in [0.25, 0.3) is 0 Å². The zero-order chi connectivity index (χ0) is 22.3. The van der Waals surface area contributed by atoms with E-state index in [0.717, 1.165) is 24.3 Å². The molecule has 2 N–H and O–H groups in total. The highest BCUT2D eigenvalue weighted by Gasteiger charge is 2.28. The molecule has 1 aromatic heterocycles. The molecule has 9 heteroatoms. The average Bonchev–Trinajstić information content (AvgIpc) is 3.32. The van der Waals surface area contributed by atoms with Crippen molar-refractivity contribution < 1.29 is 14.0 Å². The highest BCUT2D eigenvalue weighted by molar-refractivity contribution is 7.13. The molecule has 2 heterocycles. The van der Waals surface area contributed by atoms with E-state index in [2.05, 4.69) is 20.8 Å². The van der Waals surface area contributed by atoms with Crippen LogP contribution in [0.2, 0.25) is 0 Å². The Hall–Kier alpha value is -3.33. The number of rotatable bonds is 6. The van der Waals surface area contributed by atoms with E-state index in [0.29, 0.717) is 25.3 Å². The van der Waals surface area contributed by atoms with Crippen LogP contribution in [0.5, 0.6) is 0 Å². The number of benzene rings is 2. The Morgan fingerprint density at radius 1 is 1.09 bits per heavy atom. The second kappa shape index (κ2) is 10.3. The Morgan fingerprint density at radius 3 is 2.66 bits per heavy atom. The lowest BCUT2D eigenvalue weighted by Crippen LogP contribution is -2.45. The molecule has 0 aliphatic carbocycles. The largest absolute Gasteiger partial charge is 0.338 e. The molecule has 0 spiro atoms. The van der Waals surface area contributed by atoms with E-state index in [1.807, 2.05) is 30.3 Å². The highest BCUT2D eigenvalue weighted by atomic mass is 32.1. The molecule has 1 aliphatic heterocycles. The van der Waals surface area contributed by atoms with E-state index in [4.69, 9.17) is 0 Å². The zero-order valence-corrected chi connectivity index (χ0v) is 18.3. The monoisotopic (exact) mass is 453 g/mol. The molecule has 0 saturated carbocycles. The van der Waals surface area contributed by atoms with Crippen LogP contribution in [-0.2, 0) is 6.42 Å². The lowest BCUT2D eigenvalue weighted by atomic mass is 9.99. The van der Waals surface area contributed by atoms with Crippen molar-refractivity contribution in [2.75, 3.05) is 25.0 Å². The number of hydrogen-bond acceptors (Lipinski definition) is 5. The Labute approximate surface area is 189 Å². The summed E-state index contributed by atoms with van der Waals surface area (Å²) in [5.41, 5.74) is 1.67. The summed E-state index contributed by atoms with van der Waals surface area (Å²) < 4.78 is 13.0. The lowest BCUT2D eigenvalue weighted by molar-refractivity contribution is 0.102. The number of aromatic nitrogens is 2. The van der Waals surface area contributed by atoms with Crippen LogP contribution >= 0.6 is 11.3 Å². The van der Waals surface area contributed by atoms with E-state index in [9.17, 15) is 14.0 Å². The van der Waals surface area contributed by atoms with Crippen LogP contribution in [-0.4, -0.2) is 46.7 Å². The molecule has 1 fully saturated rings. The molecule has 2 aromatic carbocycles. The minimum absolute atomic E-state index is 0.0495. The first-order valence-electron chi connectivity index (χ1n) is 10.6. The van der Waals surface area contributed by atoms with E-state index in [1.165, 1.54) is 41.2 Å². The van der Waals surface area contributed by atoms with Crippen LogP contribution in [0.1, 0.15) is 39.1 Å². The van der Waals surface area contributed by atoms with Crippen molar-refractivity contribution in [2.24, 2.45) is 0 Å². The third kappa shape index (κ3) is 5.67. The molecule has 32 heavy (non-hydrogen) atoms. The molecule has 3 aromatic rings. The number of nitrogens with one attached hydrogen (secondary N) is 2. The van der Waals surface area contributed by atoms with Gasteiger partial charge in [-0.25, -0.2) is 9.18 Å². The van der Waals surface area contributed by atoms with Gasteiger partial charge in [0.1, 0.15) is 10.8 Å². The minimum Gasteiger partial charge on any atom is -0.338 e. The summed E-state index contributed by atoms with van der Waals surface area (Å²) in [6, 6.07) is 15.5. The molecule has 1 saturated heterocycles. The van der Waals surface area contributed by atoms with Gasteiger partial charge in [-0.1, -0.05) is 41.7 Å². The van der Waals surface area contributed by atoms with Gasteiger partial charge in [0.15, 0.2) is 0 Å². The zero-order valence-electron chi connectivity index (χ0n) is 17.5. The van der Waals surface area contributed by atoms with Gasteiger partial charge in [0.05, 0.1) is 0 Å². The van der Waals surface area contributed by atoms with Gasteiger partial charge in [0, 0.05) is 31.2 Å². The first kappa shape index (κ1) is 21.9. The van der Waals surface area contributed by atoms with Crippen LogP contribution < -0.4 is 10.6 Å². The van der Waals surface area contributed by atoms with Crippen LogP contribution in [0.4, 0.5) is 14.9 Å². The number of carbonyl (C=O) groups is 2. The van der Waals surface area contributed by atoms with Crippen molar-refractivity contribution in [1.29, 1.82) is 0 Å². The fourth-order valence-corrected chi connectivity index (χ4v) is 4.51. The first-order valence-corrected chi connectivity index (χ1v) is 11.4. The van der Waals surface area contributed by atoms with Crippen LogP contribution in [0, 0.1) is 5.82 Å². The van der Waals surface area contributed by atoms with Gasteiger partial charge in [-0.3, -0.25) is 4.79 Å². The van der Waals surface area contributed by atoms with Crippen molar-refractivity contribution in [1.82, 2.24) is 20.4 Å². The van der Waals surface area contributed by atoms with Crippen molar-refractivity contribution in [2.45, 2.75) is 25.2 Å². The summed E-state index contributed by atoms with van der Waals surface area (Å²) in [7, 11) is 0. The quantitative estimate of drug-likeness (QED) is 0.589. The van der Waals surface area contributed by atoms with Gasteiger partial charge in [-0.15, -0.1) is 10.2 Å². The second-order valence-corrected chi connectivity index (χ2v) is 8.67. The van der Waals surface area contributed by atoms with Gasteiger partial charge in [0.2, 0.25) is 5.01 Å². The third-order valence-electron chi connectivity index (χ3n) is 5.33. The number of carbonyl (C=O) groups excluding carboxylic acids is 2. The number of anilines is 1. The first-order chi connectivity index (χ1) is 15.6. The van der Waals surface area contributed by atoms with Crippen molar-refractivity contribution >= 4 is 29.0 Å². The molecule has 0 unspecified atom stereocenters. The predicted octanol–water partition coefficient (Wildman–Crippen LogP) is 4.06. The Balaban J connectivity index is 1.30. The fourth-order valence-electron chi connectivity index (χ4n) is 3.64. The molecule has 1 aliphatic rings. The summed E-state index contributed by atoms with van der Waals surface area (Å²) in [6.07, 6.45) is 2.54. The Morgan fingerprint density at radius 2 is 1.88 bits per heavy atom. The van der Waals surface area contributed by atoms with Crippen molar-refractivity contribution in [3.8, 4) is 0 Å². The van der Waals surface area contributed by atoms with Crippen molar-refractivity contribution in [3.63, 3.8) is 0 Å². The molecular formula is C23H24FN5O2S. The number of amides is 3. The van der Waals surface area contributed by atoms with E-state index < -0.39 is 0 Å². The molecule has 0 bridgehead atoms. The van der Waals surface area contributed by atoms with Gasteiger partial charge in [0.25, 0.3) is 5.91 Å². The molecule has 4 rings (SSSR count). The number of halogens is 1. The number of likely N-dealkylation sites (tertiary alicyclic amines) is 1. The van der Waals surface area contributed by atoms with Gasteiger partial charge < -0.3 is 15.5 Å². The van der Waals surface area contributed by atoms with Gasteiger partial charge in [-0.2, -0.15) is 0 Å². The molecule has 1 atom stereocenters. The fraction of sp³-hybridized carbons (Fsp3) is 0.304. The summed E-state index contributed by atoms with van der Waals surface area (Å²) >= 11 is 1.23. The summed E-state index contributed by atoms with van der Waals surface area (Å²) in [5, 5.41) is 14.9. The van der Waals surface area contributed by atoms with E-state index in [-0.39, 0.29) is 28.7 Å². The van der Waals surface area contributed by atoms with Gasteiger partial charge >= 0.3 is 6.03 Å². The standard InChI is InChI=1S/C23H24FN5O2S/c24-18-8-10-19(11-9-18)26-20(30)22-28-27-21(32-22)17-7-4-14-29(15-17)23(31)25-13-12-16-5-2-1-3-6-16/h1-3,5-6,8-11,17H,4,7,12-15H2,(H,25,31)(H,26,30)/t17-/m0/s1. The number of piperidine rings is 1. The third-order valence-corrected chi connectivity index (χ3v) is 6.41. The maximum atomic E-state index is 13.0. The second-order valence-electron chi connectivity index (χ2n) is 7.66.